The number of benzene rings is 1. The second-order valence-corrected chi connectivity index (χ2v) is 6.02. The van der Waals surface area contributed by atoms with Crippen LogP contribution < -0.4 is 0 Å². The van der Waals surface area contributed by atoms with Gasteiger partial charge in [-0.15, -0.1) is 0 Å². The van der Waals surface area contributed by atoms with Gasteiger partial charge in [0.25, 0.3) is 0 Å². The van der Waals surface area contributed by atoms with E-state index in [0.29, 0.717) is 0 Å². The minimum atomic E-state index is -0.117. The molecule has 0 saturated heterocycles. The number of hydrogen-bond acceptors (Lipinski definition) is 1. The minimum absolute atomic E-state index is 0.117. The molecule has 1 unspecified atom stereocenters. The first-order valence-electron chi connectivity index (χ1n) is 4.09. The van der Waals surface area contributed by atoms with Crippen LogP contribution in [-0.4, -0.2) is 10.6 Å². The van der Waals surface area contributed by atoms with Crippen LogP contribution in [0.3, 0.4) is 0 Å². The van der Waals surface area contributed by atoms with Crippen molar-refractivity contribution < 1.29 is 4.79 Å². The highest BCUT2D eigenvalue weighted by Crippen LogP contribution is 2.19. The average molecular weight is 432 g/mol. The summed E-state index contributed by atoms with van der Waals surface area (Å²) in [6, 6.07) is 5.79. The molecule has 0 spiro atoms. The summed E-state index contributed by atoms with van der Waals surface area (Å²) >= 11 is 8.92. The number of halogens is 3. The van der Waals surface area contributed by atoms with Crippen LogP contribution >= 0.6 is 54.5 Å². The molecule has 0 aliphatic carbocycles. The van der Waals surface area contributed by atoms with E-state index in [1.165, 1.54) is 5.56 Å². The molecule has 1 nitrogen and oxygen atoms in total. The van der Waals surface area contributed by atoms with Gasteiger partial charge in [-0.05, 0) is 41.1 Å². The highest BCUT2D eigenvalue weighted by Gasteiger charge is 2.12. The molecule has 0 aliphatic rings. The fourth-order valence-corrected chi connectivity index (χ4v) is 3.02. The molecule has 0 aromatic heterocycles. The lowest BCUT2D eigenvalue weighted by Gasteiger charge is -2.05. The van der Waals surface area contributed by atoms with Gasteiger partial charge in [-0.25, -0.2) is 0 Å². The van der Waals surface area contributed by atoms with E-state index in [2.05, 4.69) is 54.5 Å². The maximum atomic E-state index is 11.6. The van der Waals surface area contributed by atoms with Crippen LogP contribution in [0.5, 0.6) is 0 Å². The standard InChI is InChI=1S/C10H9Br2IO/c1-6(12)10(14)7-2-3-8(5-11)9(13)4-7/h2-4,6H,5H2,1H3. The van der Waals surface area contributed by atoms with Crippen LogP contribution in [0.4, 0.5) is 0 Å². The lowest BCUT2D eigenvalue weighted by atomic mass is 10.1. The molecular weight excluding hydrogens is 423 g/mol. The van der Waals surface area contributed by atoms with Gasteiger partial charge in [0.2, 0.25) is 0 Å². The van der Waals surface area contributed by atoms with Crippen molar-refractivity contribution in [1.29, 1.82) is 0 Å². The van der Waals surface area contributed by atoms with Gasteiger partial charge in [-0.1, -0.05) is 44.0 Å². The topological polar surface area (TPSA) is 17.1 Å². The maximum Gasteiger partial charge on any atom is 0.176 e. The fourth-order valence-electron chi connectivity index (χ4n) is 1.04. The zero-order valence-electron chi connectivity index (χ0n) is 7.56. The van der Waals surface area contributed by atoms with Gasteiger partial charge in [-0.3, -0.25) is 4.79 Å². The molecule has 0 radical (unpaired) electrons. The summed E-state index contributed by atoms with van der Waals surface area (Å²) in [7, 11) is 0. The molecule has 0 amide bonds. The molecule has 4 heteroatoms. The summed E-state index contributed by atoms with van der Waals surface area (Å²) in [4.78, 5) is 11.5. The first-order valence-corrected chi connectivity index (χ1v) is 7.20. The highest BCUT2D eigenvalue weighted by molar-refractivity contribution is 14.1. The molecule has 0 heterocycles. The summed E-state index contributed by atoms with van der Waals surface area (Å²) in [5.74, 6) is 0.129. The number of rotatable bonds is 3. The summed E-state index contributed by atoms with van der Waals surface area (Å²) in [5.41, 5.74) is 1.98. The number of ketones is 1. The van der Waals surface area contributed by atoms with E-state index in [1.807, 2.05) is 25.1 Å². The van der Waals surface area contributed by atoms with Crippen molar-refractivity contribution in [3.8, 4) is 0 Å². The highest BCUT2D eigenvalue weighted by atomic mass is 127. The van der Waals surface area contributed by atoms with E-state index in [1.54, 1.807) is 0 Å². The summed E-state index contributed by atoms with van der Waals surface area (Å²) in [6.45, 7) is 1.84. The zero-order chi connectivity index (χ0) is 10.7. The molecule has 1 aromatic rings. The van der Waals surface area contributed by atoms with Gasteiger partial charge in [0, 0.05) is 14.5 Å². The van der Waals surface area contributed by atoms with Gasteiger partial charge in [0.05, 0.1) is 4.83 Å². The smallest absolute Gasteiger partial charge is 0.176 e. The normalized spacial score (nSPS) is 12.6. The van der Waals surface area contributed by atoms with E-state index in [-0.39, 0.29) is 10.6 Å². The quantitative estimate of drug-likeness (QED) is 0.399. The number of hydrogen-bond donors (Lipinski definition) is 0. The monoisotopic (exact) mass is 430 g/mol. The Morgan fingerprint density at radius 2 is 2.21 bits per heavy atom. The molecule has 0 bridgehead atoms. The van der Waals surface area contributed by atoms with Crippen LogP contribution in [-0.2, 0) is 5.33 Å². The Labute approximate surface area is 114 Å². The Morgan fingerprint density at radius 3 is 2.64 bits per heavy atom. The predicted molar refractivity (Wildman–Crippen MR) is 74.5 cm³/mol. The van der Waals surface area contributed by atoms with E-state index in [0.717, 1.165) is 14.5 Å². The molecule has 1 atom stereocenters. The third-order valence-corrected chi connectivity index (χ3v) is 3.87. The van der Waals surface area contributed by atoms with Gasteiger partial charge in [0.1, 0.15) is 0 Å². The third-order valence-electron chi connectivity index (χ3n) is 1.84. The minimum Gasteiger partial charge on any atom is -0.293 e. The van der Waals surface area contributed by atoms with Crippen LogP contribution in [0.25, 0.3) is 0 Å². The first kappa shape index (κ1) is 12.6. The number of alkyl halides is 2. The van der Waals surface area contributed by atoms with Gasteiger partial charge < -0.3 is 0 Å². The first-order chi connectivity index (χ1) is 6.56. The molecule has 0 fully saturated rings. The molecule has 14 heavy (non-hydrogen) atoms. The SMILES string of the molecule is CC(Br)C(=O)c1ccc(CBr)c(I)c1. The van der Waals surface area contributed by atoms with Crippen molar-refractivity contribution in [3.05, 3.63) is 32.9 Å². The van der Waals surface area contributed by atoms with Crippen LogP contribution in [0, 0.1) is 3.57 Å². The number of carbonyl (C=O) groups excluding carboxylic acids is 1. The van der Waals surface area contributed by atoms with E-state index in [9.17, 15) is 4.79 Å². The Kier molecular flexibility index (Phi) is 5.06. The molecule has 0 N–H and O–H groups in total. The molecule has 1 rings (SSSR count). The van der Waals surface area contributed by atoms with Crippen LogP contribution in [0.15, 0.2) is 18.2 Å². The van der Waals surface area contributed by atoms with E-state index in [4.69, 9.17) is 0 Å². The lowest BCUT2D eigenvalue weighted by molar-refractivity contribution is 0.0996. The largest absolute Gasteiger partial charge is 0.293 e. The van der Waals surface area contributed by atoms with Crippen molar-refractivity contribution in [3.63, 3.8) is 0 Å². The zero-order valence-corrected chi connectivity index (χ0v) is 12.9. The molecule has 0 aliphatic heterocycles. The van der Waals surface area contributed by atoms with Gasteiger partial charge in [-0.2, -0.15) is 0 Å². The number of Topliss-reactive ketones (excluding diaryl/α,β-unsaturated/α-hetero) is 1. The summed E-state index contributed by atoms with van der Waals surface area (Å²) in [5, 5.41) is 0.823. The Morgan fingerprint density at radius 1 is 1.57 bits per heavy atom. The Hall–Kier alpha value is 0.580. The van der Waals surface area contributed by atoms with Crippen molar-refractivity contribution in [1.82, 2.24) is 0 Å². The lowest BCUT2D eigenvalue weighted by Crippen LogP contribution is -2.10. The van der Waals surface area contributed by atoms with Crippen LogP contribution in [0.2, 0.25) is 0 Å². The molecular formula is C10H9Br2IO. The second kappa shape index (κ2) is 5.61. The molecule has 0 saturated carbocycles. The predicted octanol–water partition coefficient (Wildman–Crippen LogP) is 4.15. The molecule has 1 aromatic carbocycles. The van der Waals surface area contributed by atoms with Crippen LogP contribution in [0.1, 0.15) is 22.8 Å². The van der Waals surface area contributed by atoms with E-state index < -0.39 is 0 Å². The summed E-state index contributed by atoms with van der Waals surface area (Å²) < 4.78 is 1.12. The van der Waals surface area contributed by atoms with Crippen molar-refractivity contribution in [2.75, 3.05) is 0 Å². The fraction of sp³-hybridized carbons (Fsp3) is 0.300. The number of carbonyl (C=O) groups is 1. The summed E-state index contributed by atoms with van der Waals surface area (Å²) in [6.07, 6.45) is 0. The molecule has 76 valence electrons. The van der Waals surface area contributed by atoms with Gasteiger partial charge in [0.15, 0.2) is 5.78 Å². The van der Waals surface area contributed by atoms with Crippen molar-refractivity contribution in [2.45, 2.75) is 17.1 Å². The third kappa shape index (κ3) is 3.03. The maximum absolute atomic E-state index is 11.6. The van der Waals surface area contributed by atoms with Gasteiger partial charge >= 0.3 is 0 Å². The van der Waals surface area contributed by atoms with Crippen molar-refractivity contribution >= 4 is 60.2 Å². The Bertz CT molecular complexity index is 350. The Balaban J connectivity index is 3.03. The van der Waals surface area contributed by atoms with E-state index >= 15 is 0 Å². The second-order valence-electron chi connectivity index (χ2n) is 2.92. The van der Waals surface area contributed by atoms with Crippen molar-refractivity contribution in [2.24, 2.45) is 0 Å². The average Bonchev–Trinajstić information content (AvgIpc) is 2.16.